The molecule has 0 bridgehead atoms. The molecule has 2 aliphatic rings. The average molecular weight is 661 g/mol. The molecule has 0 amide bonds. The zero-order valence-corrected chi connectivity index (χ0v) is 21.7. The number of pyridine rings is 1. The van der Waals surface area contributed by atoms with Gasteiger partial charge >= 0.3 is 20.1 Å². The van der Waals surface area contributed by atoms with Gasteiger partial charge < -0.3 is 15.2 Å². The third kappa shape index (κ3) is 5.08. The van der Waals surface area contributed by atoms with Gasteiger partial charge in [-0.3, -0.25) is 4.39 Å². The van der Waals surface area contributed by atoms with Crippen molar-refractivity contribution >= 4 is 0 Å². The number of hydrogen-bond acceptors (Lipinski definition) is 2. The van der Waals surface area contributed by atoms with Crippen molar-refractivity contribution in [2.75, 3.05) is 6.54 Å². The largest absolute Gasteiger partial charge is 3.00 e. The molecule has 3 heterocycles. The maximum Gasteiger partial charge on any atom is 3.00 e. The minimum atomic E-state index is -1.53. The fourth-order valence-corrected chi connectivity index (χ4v) is 4.37. The molecular weight excluding hydrogens is 640 g/mol. The van der Waals surface area contributed by atoms with Gasteiger partial charge in [0.2, 0.25) is 0 Å². The molecule has 2 aliphatic heterocycles. The van der Waals surface area contributed by atoms with Crippen LogP contribution in [0.4, 0.5) is 13.2 Å². The summed E-state index contributed by atoms with van der Waals surface area (Å²) < 4.78 is 40.1. The first-order chi connectivity index (χ1) is 17.0. The first-order valence-corrected chi connectivity index (χ1v) is 11.2. The summed E-state index contributed by atoms with van der Waals surface area (Å²) in [6.07, 6.45) is 6.83. The fraction of sp³-hybridized carbons (Fsp3) is 0.138. The van der Waals surface area contributed by atoms with E-state index in [9.17, 15) is 13.2 Å². The molecule has 1 atom stereocenters. The molecule has 0 spiro atoms. The molecule has 1 aromatic heterocycles. The van der Waals surface area contributed by atoms with Crippen LogP contribution < -0.4 is 0 Å². The summed E-state index contributed by atoms with van der Waals surface area (Å²) in [7, 11) is 0. The zero-order valence-electron chi connectivity index (χ0n) is 19.3. The van der Waals surface area contributed by atoms with Crippen LogP contribution in [0, 0.1) is 36.5 Å². The van der Waals surface area contributed by atoms with Crippen molar-refractivity contribution in [3.63, 3.8) is 0 Å². The second-order valence-corrected chi connectivity index (χ2v) is 8.29. The Hall–Kier alpha value is -3.41. The Morgan fingerprint density at radius 1 is 1.06 bits per heavy atom. The van der Waals surface area contributed by atoms with Crippen molar-refractivity contribution in [2.24, 2.45) is 0 Å². The fourth-order valence-electron chi connectivity index (χ4n) is 4.37. The SMILES string of the molecule is Cc1ccnc(-c2[c-]c(F)c(F)c(F)c2)c1-c1ccccc1.[Ir+3].[c-]1cccc2c1C1[N-]C=CN1CC2. The predicted molar refractivity (Wildman–Crippen MR) is 129 cm³/mol. The minimum absolute atomic E-state index is 0. The van der Waals surface area contributed by atoms with Gasteiger partial charge in [-0.05, 0) is 47.7 Å². The van der Waals surface area contributed by atoms with Gasteiger partial charge in [0.25, 0.3) is 0 Å². The maximum absolute atomic E-state index is 13.5. The second-order valence-electron chi connectivity index (χ2n) is 8.29. The van der Waals surface area contributed by atoms with E-state index in [1.165, 1.54) is 11.1 Å². The number of halogens is 3. The molecule has 1 unspecified atom stereocenters. The summed E-state index contributed by atoms with van der Waals surface area (Å²) in [5, 5.41) is 4.41. The van der Waals surface area contributed by atoms with Gasteiger partial charge in [-0.2, -0.15) is 41.6 Å². The van der Waals surface area contributed by atoms with Gasteiger partial charge in [-0.1, -0.05) is 36.8 Å². The number of nitrogens with zero attached hydrogens (tertiary/aromatic N) is 3. The van der Waals surface area contributed by atoms with E-state index < -0.39 is 17.5 Å². The Bertz CT molecular complexity index is 1370. The van der Waals surface area contributed by atoms with Crippen molar-refractivity contribution in [3.8, 4) is 22.4 Å². The molecule has 0 saturated carbocycles. The summed E-state index contributed by atoms with van der Waals surface area (Å²) in [5.41, 5.74) is 5.60. The second kappa shape index (κ2) is 11.1. The minimum Gasteiger partial charge on any atom is -0.668 e. The summed E-state index contributed by atoms with van der Waals surface area (Å²) >= 11 is 0. The molecule has 4 aromatic rings. The number of aromatic nitrogens is 1. The monoisotopic (exact) mass is 661 g/mol. The van der Waals surface area contributed by atoms with Gasteiger partial charge in [-0.25, -0.2) is 8.78 Å². The number of rotatable bonds is 2. The summed E-state index contributed by atoms with van der Waals surface area (Å²) in [5.74, 6) is -4.14. The van der Waals surface area contributed by atoms with Gasteiger partial charge in [0.15, 0.2) is 0 Å². The molecule has 0 radical (unpaired) electrons. The molecule has 0 aliphatic carbocycles. The van der Waals surface area contributed by atoms with E-state index in [0.717, 1.165) is 35.7 Å². The smallest absolute Gasteiger partial charge is 0.668 e. The van der Waals surface area contributed by atoms with Gasteiger partial charge in [0.1, 0.15) is 5.82 Å². The molecule has 7 heteroatoms. The van der Waals surface area contributed by atoms with Crippen LogP contribution in [0.25, 0.3) is 27.7 Å². The Kier molecular flexibility index (Phi) is 7.92. The first kappa shape index (κ1) is 25.7. The van der Waals surface area contributed by atoms with Crippen LogP contribution in [0.3, 0.4) is 0 Å². The Labute approximate surface area is 222 Å². The van der Waals surface area contributed by atoms with Gasteiger partial charge in [-0.15, -0.1) is 17.7 Å². The van der Waals surface area contributed by atoms with Crippen LogP contribution in [0.1, 0.15) is 22.9 Å². The van der Waals surface area contributed by atoms with Crippen molar-refractivity contribution in [3.05, 3.63) is 131 Å². The molecule has 182 valence electrons. The van der Waals surface area contributed by atoms with Crippen molar-refractivity contribution in [1.29, 1.82) is 0 Å². The zero-order chi connectivity index (χ0) is 24.4. The third-order valence-electron chi connectivity index (χ3n) is 6.07. The molecule has 36 heavy (non-hydrogen) atoms. The van der Waals surface area contributed by atoms with E-state index in [0.29, 0.717) is 5.69 Å². The van der Waals surface area contributed by atoms with E-state index in [-0.39, 0.29) is 31.8 Å². The predicted octanol–water partition coefficient (Wildman–Crippen LogP) is 7.14. The number of aryl methyl sites for hydroxylation is 1. The Morgan fingerprint density at radius 2 is 1.86 bits per heavy atom. The third-order valence-corrected chi connectivity index (χ3v) is 6.07. The van der Waals surface area contributed by atoms with Crippen LogP contribution in [0.15, 0.2) is 79.3 Å². The molecule has 3 aromatic carbocycles. The van der Waals surface area contributed by atoms with Crippen LogP contribution in [0.5, 0.6) is 0 Å². The van der Waals surface area contributed by atoms with Crippen LogP contribution in [-0.2, 0) is 26.5 Å². The molecule has 3 nitrogen and oxygen atoms in total. The normalized spacial score (nSPS) is 15.1. The Morgan fingerprint density at radius 3 is 2.64 bits per heavy atom. The maximum atomic E-state index is 13.5. The number of fused-ring (bicyclic) bond motifs is 3. The number of hydrogen-bond donors (Lipinski definition) is 0. The molecule has 0 N–H and O–H groups in total. The van der Waals surface area contributed by atoms with E-state index >= 15 is 0 Å². The molecular formula is C29H21F3IrN3. The van der Waals surface area contributed by atoms with E-state index in [1.807, 2.05) is 55.6 Å². The molecule has 6 rings (SSSR count). The first-order valence-electron chi connectivity index (χ1n) is 11.2. The van der Waals surface area contributed by atoms with E-state index in [1.54, 1.807) is 6.20 Å². The van der Waals surface area contributed by atoms with Crippen molar-refractivity contribution in [2.45, 2.75) is 19.5 Å². The summed E-state index contributed by atoms with van der Waals surface area (Å²) in [4.78, 5) is 6.47. The molecule has 0 fully saturated rings. The quantitative estimate of drug-likeness (QED) is 0.169. The average Bonchev–Trinajstić information content (AvgIpc) is 3.37. The van der Waals surface area contributed by atoms with E-state index in [4.69, 9.17) is 0 Å². The van der Waals surface area contributed by atoms with Gasteiger partial charge in [0, 0.05) is 12.7 Å². The number of benzene rings is 3. The summed E-state index contributed by atoms with van der Waals surface area (Å²) in [6, 6.07) is 23.8. The van der Waals surface area contributed by atoms with Crippen LogP contribution in [0.2, 0.25) is 0 Å². The molecule has 0 saturated heterocycles. The topological polar surface area (TPSA) is 30.2 Å². The van der Waals surface area contributed by atoms with Crippen molar-refractivity contribution < 1.29 is 33.3 Å². The Balaban J connectivity index is 0.000000185. The summed E-state index contributed by atoms with van der Waals surface area (Å²) in [6.45, 7) is 2.96. The van der Waals surface area contributed by atoms with Crippen molar-refractivity contribution in [1.82, 2.24) is 9.88 Å². The van der Waals surface area contributed by atoms with Gasteiger partial charge in [0.05, 0.1) is 11.6 Å². The standard InChI is InChI=1S/C18H11F3N.C11H10N2.Ir/c1-11-7-8-22-18(16(11)12-5-3-2-4-6-12)13-9-14(19)17(21)15(20)10-13;1-2-4-10-9(3-1)5-7-13-8-6-12-11(10)13;/h2-9H,1H3;1-3,6,8,11H,5,7H2;/q-1;-2;+3. The van der Waals surface area contributed by atoms with E-state index in [2.05, 4.69) is 45.7 Å². The van der Waals surface area contributed by atoms with Crippen LogP contribution >= 0.6 is 0 Å². The van der Waals surface area contributed by atoms with Crippen LogP contribution in [-0.4, -0.2) is 16.4 Å².